The van der Waals surface area contributed by atoms with E-state index in [1.807, 2.05) is 72.8 Å². The average molecular weight is 654 g/mol. The molecule has 0 bridgehead atoms. The van der Waals surface area contributed by atoms with Gasteiger partial charge in [-0.1, -0.05) is 151 Å². The van der Waals surface area contributed by atoms with Crippen molar-refractivity contribution in [1.29, 1.82) is 0 Å². The molecule has 236 valence electrons. The van der Waals surface area contributed by atoms with Crippen molar-refractivity contribution in [3.05, 3.63) is 175 Å². The van der Waals surface area contributed by atoms with Crippen LogP contribution < -0.4 is 0 Å². The van der Waals surface area contributed by atoms with E-state index in [4.69, 9.17) is 16.8 Å². The fourth-order valence-corrected chi connectivity index (χ4v) is 5.82. The Morgan fingerprint density at radius 3 is 1.74 bits per heavy atom. The number of aromatic nitrogens is 3. The molecule has 9 aromatic rings. The fraction of sp³-hybridized carbons (Fsp3) is 0.0217. The van der Waals surface area contributed by atoms with Crippen LogP contribution in [0.1, 0.15) is 22.0 Å². The van der Waals surface area contributed by atoms with Crippen LogP contribution in [0.4, 0.5) is 0 Å². The molecule has 0 atom stereocenters. The third-order valence-corrected chi connectivity index (χ3v) is 8.26. The van der Waals surface area contributed by atoms with E-state index in [1.54, 1.807) is 24.3 Å². The quantitative estimate of drug-likeness (QED) is 0.179. The van der Waals surface area contributed by atoms with Crippen molar-refractivity contribution in [3.63, 3.8) is 0 Å². The second-order valence-corrected chi connectivity index (χ2v) is 11.5. The first-order valence-corrected chi connectivity index (χ1v) is 15.8. The monoisotopic (exact) mass is 653 g/mol. The van der Waals surface area contributed by atoms with E-state index < -0.39 is 65.3 Å². The highest BCUT2D eigenvalue weighted by Crippen LogP contribution is 2.39. The summed E-state index contributed by atoms with van der Waals surface area (Å²) < 4.78 is 113. The van der Waals surface area contributed by atoms with E-state index in [2.05, 4.69) is 15.0 Å². The molecule has 0 N–H and O–H groups in total. The van der Waals surface area contributed by atoms with Crippen LogP contribution in [0.2, 0.25) is 0 Å². The standard InChI is InChI=1S/C46H31N3O/c1-30-19-21-35(22-20-30)45-47-44(34-13-6-3-7-14-34)48-46(49-45)38-28-36(33-25-23-32(24-26-33)31-11-4-2-5-12-31)27-37(29-38)39-16-10-17-41-40-15-8-9-18-42(40)50-43(39)41/h2-29H,1H3/i3D,6D,7D,13D,14D,19D,20D,21D,22D,27D,28D,29D. The lowest BCUT2D eigenvalue weighted by atomic mass is 9.94. The minimum atomic E-state index is -0.688. The lowest BCUT2D eigenvalue weighted by Crippen LogP contribution is -2.00. The van der Waals surface area contributed by atoms with Gasteiger partial charge in [0, 0.05) is 33.0 Å². The molecule has 0 saturated carbocycles. The first kappa shape index (κ1) is 19.4. The molecule has 2 aromatic heterocycles. The number of para-hydroxylation sites is 2. The lowest BCUT2D eigenvalue weighted by molar-refractivity contribution is 0.670. The Morgan fingerprint density at radius 2 is 1.00 bits per heavy atom. The van der Waals surface area contributed by atoms with Crippen molar-refractivity contribution >= 4 is 21.9 Å². The summed E-state index contributed by atoms with van der Waals surface area (Å²) in [5.74, 6) is -1.37. The van der Waals surface area contributed by atoms with Crippen LogP contribution in [0.15, 0.2) is 174 Å². The molecule has 0 fully saturated rings. The second-order valence-electron chi connectivity index (χ2n) is 11.5. The Kier molecular flexibility index (Phi) is 4.81. The molecule has 7 aromatic carbocycles. The molecule has 0 aliphatic heterocycles. The third kappa shape index (κ3) is 5.53. The fourth-order valence-electron chi connectivity index (χ4n) is 5.82. The van der Waals surface area contributed by atoms with Crippen LogP contribution in [0.25, 0.3) is 89.5 Å². The minimum absolute atomic E-state index is 0.0497. The van der Waals surface area contributed by atoms with Gasteiger partial charge >= 0.3 is 0 Å². The zero-order chi connectivity index (χ0) is 43.9. The van der Waals surface area contributed by atoms with Gasteiger partial charge in [0.25, 0.3) is 0 Å². The minimum Gasteiger partial charge on any atom is -0.455 e. The maximum atomic E-state index is 9.86. The molecule has 0 amide bonds. The van der Waals surface area contributed by atoms with Gasteiger partial charge in [-0.05, 0) is 58.9 Å². The zero-order valence-electron chi connectivity index (χ0n) is 38.5. The number of benzene rings is 7. The van der Waals surface area contributed by atoms with Crippen LogP contribution in [-0.4, -0.2) is 15.0 Å². The van der Waals surface area contributed by atoms with Crippen LogP contribution in [0.3, 0.4) is 0 Å². The summed E-state index contributed by atoms with van der Waals surface area (Å²) in [6, 6.07) is 23.6. The van der Waals surface area contributed by atoms with E-state index >= 15 is 0 Å². The molecule has 2 heterocycles. The molecule has 4 heteroatoms. The Morgan fingerprint density at radius 1 is 0.440 bits per heavy atom. The highest BCUT2D eigenvalue weighted by molar-refractivity contribution is 6.09. The summed E-state index contributed by atoms with van der Waals surface area (Å²) in [5.41, 5.74) is 2.69. The summed E-state index contributed by atoms with van der Waals surface area (Å²) in [6.07, 6.45) is 0. The molecular formula is C46H31N3O. The van der Waals surface area contributed by atoms with Gasteiger partial charge in [-0.2, -0.15) is 0 Å². The third-order valence-electron chi connectivity index (χ3n) is 8.26. The summed E-state index contributed by atoms with van der Waals surface area (Å²) >= 11 is 0. The van der Waals surface area contributed by atoms with Crippen molar-refractivity contribution in [1.82, 2.24) is 15.0 Å². The molecule has 0 saturated heterocycles. The molecule has 50 heavy (non-hydrogen) atoms. The van der Waals surface area contributed by atoms with Crippen molar-refractivity contribution < 1.29 is 20.9 Å². The number of furan rings is 1. The Hall–Kier alpha value is -6.65. The number of hydrogen-bond acceptors (Lipinski definition) is 4. The van der Waals surface area contributed by atoms with E-state index in [9.17, 15) is 4.11 Å². The number of nitrogens with zero attached hydrogens (tertiary/aromatic N) is 3. The molecule has 0 radical (unpaired) electrons. The number of rotatable bonds is 6. The van der Waals surface area contributed by atoms with Crippen LogP contribution in [-0.2, 0) is 0 Å². The van der Waals surface area contributed by atoms with E-state index in [0.29, 0.717) is 22.3 Å². The van der Waals surface area contributed by atoms with Crippen LogP contribution in [0.5, 0.6) is 0 Å². The molecule has 9 rings (SSSR count). The van der Waals surface area contributed by atoms with Crippen molar-refractivity contribution in [2.24, 2.45) is 0 Å². The smallest absolute Gasteiger partial charge is 0.164 e. The predicted octanol–water partition coefficient (Wildman–Crippen LogP) is 12.1. The number of fused-ring (bicyclic) bond motifs is 3. The zero-order valence-corrected chi connectivity index (χ0v) is 26.5. The SMILES string of the molecule is [2H]c1c([2H])c([2H])c(-c2nc(-c3c([2H])c([2H])c(C)c([2H])c3[2H])nc(-c3c([2H])c(-c4ccc(-c5ccccc5)cc4)c([2H])c(-c4cccc5c4oc4ccccc45)c3[2H])n2)c([2H])c1[2H]. The van der Waals surface area contributed by atoms with Crippen molar-refractivity contribution in [2.75, 3.05) is 0 Å². The van der Waals surface area contributed by atoms with E-state index in [1.165, 1.54) is 6.92 Å². The van der Waals surface area contributed by atoms with Crippen LogP contribution >= 0.6 is 0 Å². The van der Waals surface area contributed by atoms with Crippen LogP contribution in [0, 0.1) is 6.92 Å². The van der Waals surface area contributed by atoms with Gasteiger partial charge in [-0.3, -0.25) is 0 Å². The Bertz CT molecular complexity index is 3190. The van der Waals surface area contributed by atoms with Crippen molar-refractivity contribution in [3.8, 4) is 67.5 Å². The highest BCUT2D eigenvalue weighted by Gasteiger charge is 2.17. The lowest BCUT2D eigenvalue weighted by Gasteiger charge is -2.13. The van der Waals surface area contributed by atoms with Gasteiger partial charge < -0.3 is 4.42 Å². The van der Waals surface area contributed by atoms with E-state index in [-0.39, 0.29) is 58.0 Å². The van der Waals surface area contributed by atoms with Crippen molar-refractivity contribution in [2.45, 2.75) is 6.92 Å². The summed E-state index contributed by atoms with van der Waals surface area (Å²) in [6.45, 7) is 1.43. The maximum Gasteiger partial charge on any atom is 0.164 e. The Balaban J connectivity index is 1.41. The summed E-state index contributed by atoms with van der Waals surface area (Å²) in [4.78, 5) is 13.7. The average Bonchev–Trinajstić information content (AvgIpc) is 3.66. The molecule has 4 nitrogen and oxygen atoms in total. The predicted molar refractivity (Wildman–Crippen MR) is 204 cm³/mol. The molecule has 0 aliphatic carbocycles. The molecular weight excluding hydrogens is 611 g/mol. The molecule has 0 spiro atoms. The largest absolute Gasteiger partial charge is 0.455 e. The molecule has 0 unspecified atom stereocenters. The van der Waals surface area contributed by atoms with Gasteiger partial charge in [-0.15, -0.1) is 0 Å². The summed E-state index contributed by atoms with van der Waals surface area (Å²) in [5, 5.41) is 1.52. The van der Waals surface area contributed by atoms with Gasteiger partial charge in [0.1, 0.15) is 11.2 Å². The van der Waals surface area contributed by atoms with E-state index in [0.717, 1.165) is 21.9 Å². The second kappa shape index (κ2) is 12.4. The first-order valence-electron chi connectivity index (χ1n) is 21.8. The van der Waals surface area contributed by atoms with Gasteiger partial charge in [0.15, 0.2) is 17.5 Å². The normalized spacial score (nSPS) is 14.7. The maximum absolute atomic E-state index is 9.86. The molecule has 0 aliphatic rings. The van der Waals surface area contributed by atoms with Gasteiger partial charge in [0.2, 0.25) is 0 Å². The van der Waals surface area contributed by atoms with Gasteiger partial charge in [-0.25, -0.2) is 15.0 Å². The number of hydrogen-bond donors (Lipinski definition) is 0. The topological polar surface area (TPSA) is 51.8 Å². The first-order chi connectivity index (χ1) is 29.7. The highest BCUT2D eigenvalue weighted by atomic mass is 16.3. The van der Waals surface area contributed by atoms with Gasteiger partial charge in [0.05, 0.1) is 16.4 Å². The Labute approximate surface area is 307 Å². The summed E-state index contributed by atoms with van der Waals surface area (Å²) in [7, 11) is 0.